The number of nitrogens with zero attached hydrogens (tertiary/aromatic N) is 1. The smallest absolute Gasteiger partial charge is 0.238 e. The lowest BCUT2D eigenvalue weighted by Crippen LogP contribution is -2.22. The number of hydrogen-bond acceptors (Lipinski definition) is 5. The Morgan fingerprint density at radius 2 is 1.68 bits per heavy atom. The van der Waals surface area contributed by atoms with Crippen LogP contribution in [0.4, 0.5) is 17.2 Å². The third kappa shape index (κ3) is 5.83. The lowest BCUT2D eigenvalue weighted by Gasteiger charge is -2.12. The second-order valence-corrected chi connectivity index (χ2v) is 7.86. The molecule has 6 nitrogen and oxygen atoms in total. The first-order valence-corrected chi connectivity index (χ1v) is 9.92. The lowest BCUT2D eigenvalue weighted by molar-refractivity contribution is -0.115. The molecule has 0 fully saturated rings. The second kappa shape index (κ2) is 9.38. The topological polar surface area (TPSA) is 79.2 Å². The molecule has 0 bridgehead atoms. The highest BCUT2D eigenvalue weighted by molar-refractivity contribution is 8.00. The van der Waals surface area contributed by atoms with Crippen LogP contribution in [0.2, 0.25) is 0 Å². The number of thioether (sulfide) groups is 1. The van der Waals surface area contributed by atoms with Gasteiger partial charge >= 0.3 is 0 Å². The average molecular weight is 413 g/mol. The summed E-state index contributed by atoms with van der Waals surface area (Å²) in [6, 6.07) is 19.1. The molecule has 1 atom stereocenters. The van der Waals surface area contributed by atoms with Gasteiger partial charge in [-0.15, -0.1) is 11.8 Å². The number of amides is 1. The van der Waals surface area contributed by atoms with Crippen LogP contribution in [0.3, 0.4) is 0 Å². The second-order valence-electron chi connectivity index (χ2n) is 6.04. The van der Waals surface area contributed by atoms with E-state index in [4.69, 9.17) is 16.7 Å². The number of carbonyl (C=O) groups excluding carboxylic acids is 1. The summed E-state index contributed by atoms with van der Waals surface area (Å²) in [5.74, 6) is 0.945. The Labute approximate surface area is 173 Å². The van der Waals surface area contributed by atoms with Gasteiger partial charge < -0.3 is 20.5 Å². The van der Waals surface area contributed by atoms with Crippen molar-refractivity contribution in [2.75, 3.05) is 16.0 Å². The number of nitrogens with one attached hydrogen (secondary N) is 3. The Balaban J connectivity index is 1.50. The fourth-order valence-electron chi connectivity index (χ4n) is 2.34. The van der Waals surface area contributed by atoms with Crippen molar-refractivity contribution in [2.24, 2.45) is 0 Å². The van der Waals surface area contributed by atoms with E-state index in [-0.39, 0.29) is 11.2 Å². The van der Waals surface area contributed by atoms with E-state index < -0.39 is 0 Å². The molecule has 1 amide bonds. The fraction of sp³-hybridized carbons (Fsp3) is 0.150. The molecule has 0 saturated carbocycles. The summed E-state index contributed by atoms with van der Waals surface area (Å²) in [6.07, 6.45) is 0. The van der Waals surface area contributed by atoms with Crippen molar-refractivity contribution < 1.29 is 9.32 Å². The number of para-hydroxylation sites is 1. The number of rotatable bonds is 6. The van der Waals surface area contributed by atoms with Crippen molar-refractivity contribution in [3.05, 3.63) is 66.4 Å². The number of carbonyl (C=O) groups is 1. The molecule has 0 aliphatic rings. The first-order chi connectivity index (χ1) is 13.5. The largest absolute Gasteiger partial charge is 0.360 e. The van der Waals surface area contributed by atoms with Gasteiger partial charge in [0.25, 0.3) is 0 Å². The van der Waals surface area contributed by atoms with E-state index in [1.54, 1.807) is 13.0 Å². The third-order valence-electron chi connectivity index (χ3n) is 3.71. The van der Waals surface area contributed by atoms with E-state index in [1.165, 1.54) is 11.8 Å². The predicted molar refractivity (Wildman–Crippen MR) is 118 cm³/mol. The normalized spacial score (nSPS) is 11.5. The van der Waals surface area contributed by atoms with Crippen LogP contribution in [-0.2, 0) is 4.79 Å². The molecule has 0 spiro atoms. The first-order valence-electron chi connectivity index (χ1n) is 8.63. The maximum Gasteiger partial charge on any atom is 0.238 e. The molecule has 3 N–H and O–H groups in total. The lowest BCUT2D eigenvalue weighted by atomic mass is 10.3. The van der Waals surface area contributed by atoms with Gasteiger partial charge in [0.05, 0.1) is 5.25 Å². The number of aryl methyl sites for hydroxylation is 1. The summed E-state index contributed by atoms with van der Waals surface area (Å²) in [5, 5.41) is 13.0. The number of benzene rings is 2. The van der Waals surface area contributed by atoms with E-state index in [9.17, 15) is 4.79 Å². The summed E-state index contributed by atoms with van der Waals surface area (Å²) in [7, 11) is 0. The van der Waals surface area contributed by atoms with Gasteiger partial charge in [-0.1, -0.05) is 23.4 Å². The van der Waals surface area contributed by atoms with E-state index in [0.29, 0.717) is 16.7 Å². The minimum absolute atomic E-state index is 0.131. The first kappa shape index (κ1) is 19.9. The summed E-state index contributed by atoms with van der Waals surface area (Å²) in [4.78, 5) is 13.2. The van der Waals surface area contributed by atoms with Gasteiger partial charge in [-0.3, -0.25) is 4.79 Å². The van der Waals surface area contributed by atoms with Gasteiger partial charge in [0.2, 0.25) is 5.91 Å². The molecule has 1 unspecified atom stereocenters. The minimum atomic E-state index is -0.281. The number of aromatic nitrogens is 1. The number of hydrogen-bond donors (Lipinski definition) is 3. The average Bonchev–Trinajstić information content (AvgIpc) is 3.08. The fourth-order valence-corrected chi connectivity index (χ4v) is 3.45. The van der Waals surface area contributed by atoms with Gasteiger partial charge in [-0.2, -0.15) is 0 Å². The molecule has 1 aromatic heterocycles. The molecule has 3 rings (SSSR count). The quantitative estimate of drug-likeness (QED) is 0.392. The van der Waals surface area contributed by atoms with Crippen molar-refractivity contribution >= 4 is 52.2 Å². The SMILES string of the molecule is Cc1cc(NC(=O)C(C)Sc2ccc(NC(=S)Nc3ccccc3)cc2)no1. The maximum absolute atomic E-state index is 12.3. The molecule has 28 heavy (non-hydrogen) atoms. The van der Waals surface area contributed by atoms with Gasteiger partial charge in [0.1, 0.15) is 5.76 Å². The number of anilines is 3. The molecule has 0 aliphatic heterocycles. The van der Waals surface area contributed by atoms with Crippen molar-refractivity contribution in [3.8, 4) is 0 Å². The van der Waals surface area contributed by atoms with Crippen molar-refractivity contribution in [1.29, 1.82) is 0 Å². The Bertz CT molecular complexity index is 942. The summed E-state index contributed by atoms with van der Waals surface area (Å²) < 4.78 is 4.95. The van der Waals surface area contributed by atoms with Gasteiger partial charge in [-0.05, 0) is 62.5 Å². The van der Waals surface area contributed by atoms with Crippen LogP contribution in [0.25, 0.3) is 0 Å². The molecular weight excluding hydrogens is 392 g/mol. The van der Waals surface area contributed by atoms with Crippen LogP contribution in [0.5, 0.6) is 0 Å². The third-order valence-corrected chi connectivity index (χ3v) is 5.02. The zero-order chi connectivity index (χ0) is 19.9. The van der Waals surface area contributed by atoms with Gasteiger partial charge in [0, 0.05) is 22.3 Å². The van der Waals surface area contributed by atoms with E-state index in [1.807, 2.05) is 61.5 Å². The highest BCUT2D eigenvalue weighted by atomic mass is 32.2. The summed E-state index contributed by atoms with van der Waals surface area (Å²) in [5.41, 5.74) is 1.79. The van der Waals surface area contributed by atoms with Crippen LogP contribution in [0.1, 0.15) is 12.7 Å². The highest BCUT2D eigenvalue weighted by Gasteiger charge is 2.16. The van der Waals surface area contributed by atoms with Gasteiger partial charge in [0.15, 0.2) is 10.9 Å². The van der Waals surface area contributed by atoms with Crippen LogP contribution in [0.15, 0.2) is 70.1 Å². The molecule has 0 radical (unpaired) electrons. The molecule has 0 saturated heterocycles. The van der Waals surface area contributed by atoms with E-state index in [0.717, 1.165) is 16.3 Å². The molecule has 8 heteroatoms. The van der Waals surface area contributed by atoms with Crippen LogP contribution < -0.4 is 16.0 Å². The van der Waals surface area contributed by atoms with Crippen LogP contribution in [-0.4, -0.2) is 21.4 Å². The Morgan fingerprint density at radius 3 is 2.29 bits per heavy atom. The Morgan fingerprint density at radius 1 is 1.04 bits per heavy atom. The van der Waals surface area contributed by atoms with Crippen molar-refractivity contribution in [2.45, 2.75) is 24.0 Å². The molecule has 1 heterocycles. The standard InChI is InChI=1S/C20H20N4O2S2/c1-13-12-18(24-26-13)23-19(25)14(2)28-17-10-8-16(9-11-17)22-20(27)21-15-6-4-3-5-7-15/h3-12,14H,1-2H3,(H2,21,22,27)(H,23,24,25). The van der Waals surface area contributed by atoms with E-state index in [2.05, 4.69) is 21.1 Å². The molecule has 2 aromatic carbocycles. The predicted octanol–water partition coefficient (Wildman–Crippen LogP) is 4.91. The molecule has 3 aromatic rings. The summed E-state index contributed by atoms with van der Waals surface area (Å²) in [6.45, 7) is 3.62. The van der Waals surface area contributed by atoms with E-state index >= 15 is 0 Å². The molecule has 0 aliphatic carbocycles. The van der Waals surface area contributed by atoms with Crippen LogP contribution in [0, 0.1) is 6.92 Å². The van der Waals surface area contributed by atoms with Crippen LogP contribution >= 0.6 is 24.0 Å². The zero-order valence-electron chi connectivity index (χ0n) is 15.4. The van der Waals surface area contributed by atoms with Crippen molar-refractivity contribution in [1.82, 2.24) is 5.16 Å². The van der Waals surface area contributed by atoms with Gasteiger partial charge in [-0.25, -0.2) is 0 Å². The molecule has 144 valence electrons. The Kier molecular flexibility index (Phi) is 6.67. The minimum Gasteiger partial charge on any atom is -0.360 e. The molecular formula is C20H20N4O2S2. The Hall–Kier alpha value is -2.84. The van der Waals surface area contributed by atoms with Crippen molar-refractivity contribution in [3.63, 3.8) is 0 Å². The summed E-state index contributed by atoms with van der Waals surface area (Å²) >= 11 is 6.79. The zero-order valence-corrected chi connectivity index (χ0v) is 17.1. The maximum atomic E-state index is 12.3. The monoisotopic (exact) mass is 412 g/mol. The number of thiocarbonyl (C=S) groups is 1. The highest BCUT2D eigenvalue weighted by Crippen LogP contribution is 2.25.